The summed E-state index contributed by atoms with van der Waals surface area (Å²) in [4.78, 5) is 11.3. The maximum Gasteiger partial charge on any atom is 0.361 e. The maximum atomic E-state index is 11.3. The van der Waals surface area contributed by atoms with Gasteiger partial charge in [0, 0.05) is 0 Å². The molecular formula is C12H24NO2+. The molecule has 0 unspecified atom stereocenters. The van der Waals surface area contributed by atoms with Crippen LogP contribution in [-0.4, -0.2) is 43.7 Å². The normalized spacial score (nSPS) is 11.0. The van der Waals surface area contributed by atoms with Crippen molar-refractivity contribution in [2.45, 2.75) is 27.7 Å². The molecule has 3 nitrogen and oxygen atoms in total. The first-order valence-electron chi connectivity index (χ1n) is 5.55. The fraction of sp³-hybridized carbons (Fsp3) is 0.750. The molecule has 0 saturated heterocycles. The minimum Gasteiger partial charge on any atom is -0.465 e. The summed E-state index contributed by atoms with van der Waals surface area (Å²) in [6, 6.07) is 0. The lowest BCUT2D eigenvalue weighted by Gasteiger charge is -2.34. The molecule has 0 radical (unpaired) electrons. The first-order chi connectivity index (χ1) is 6.99. The highest BCUT2D eigenvalue weighted by Crippen LogP contribution is 2.08. The molecule has 0 aliphatic rings. The highest BCUT2D eigenvalue weighted by Gasteiger charge is 2.25. The van der Waals surface area contributed by atoms with Crippen molar-refractivity contribution >= 4 is 5.97 Å². The number of rotatable bonds is 6. The molecule has 0 spiro atoms. The van der Waals surface area contributed by atoms with Crippen molar-refractivity contribution in [2.75, 3.05) is 33.3 Å². The molecule has 0 aliphatic heterocycles. The number of methoxy groups -OCH3 is 1. The molecule has 0 atom stereocenters. The quantitative estimate of drug-likeness (QED) is 0.384. The van der Waals surface area contributed by atoms with Crippen LogP contribution in [0.1, 0.15) is 27.7 Å². The molecule has 0 heterocycles. The minimum atomic E-state index is -0.124. The van der Waals surface area contributed by atoms with Gasteiger partial charge in [-0.3, -0.25) is 0 Å². The van der Waals surface area contributed by atoms with Gasteiger partial charge in [-0.15, -0.1) is 0 Å². The summed E-state index contributed by atoms with van der Waals surface area (Å²) in [6.45, 7) is 11.7. The third kappa shape index (κ3) is 4.98. The Morgan fingerprint density at radius 1 is 1.27 bits per heavy atom. The Labute approximate surface area is 93.3 Å². The van der Waals surface area contributed by atoms with E-state index in [-0.39, 0.29) is 5.97 Å². The van der Waals surface area contributed by atoms with Crippen molar-refractivity contribution in [3.05, 3.63) is 11.6 Å². The molecule has 0 fully saturated rings. The highest BCUT2D eigenvalue weighted by molar-refractivity contribution is 5.70. The van der Waals surface area contributed by atoms with E-state index in [1.807, 2.05) is 0 Å². The van der Waals surface area contributed by atoms with E-state index in [1.54, 1.807) is 0 Å². The average molecular weight is 214 g/mol. The molecule has 0 saturated carbocycles. The number of esters is 1. The summed E-state index contributed by atoms with van der Waals surface area (Å²) in [5.74, 6) is -0.124. The lowest BCUT2D eigenvalue weighted by molar-refractivity contribution is -0.912. The standard InChI is InChI=1S/C12H24NO2/c1-6-13(7-2,9-8-11(3)4)10-12(14)15-5/h8H,6-7,9-10H2,1-5H3/q+1. The molecular weight excluding hydrogens is 190 g/mol. The Morgan fingerprint density at radius 2 is 1.80 bits per heavy atom. The average Bonchev–Trinajstić information content (AvgIpc) is 2.24. The molecule has 0 aromatic rings. The van der Waals surface area contributed by atoms with Crippen LogP contribution >= 0.6 is 0 Å². The van der Waals surface area contributed by atoms with Crippen LogP contribution in [0.5, 0.6) is 0 Å². The first-order valence-corrected chi connectivity index (χ1v) is 5.55. The van der Waals surface area contributed by atoms with E-state index in [9.17, 15) is 4.79 Å². The van der Waals surface area contributed by atoms with E-state index in [0.29, 0.717) is 6.54 Å². The fourth-order valence-corrected chi connectivity index (χ4v) is 1.48. The summed E-state index contributed by atoms with van der Waals surface area (Å²) in [5, 5.41) is 0. The van der Waals surface area contributed by atoms with Crippen molar-refractivity contribution in [1.82, 2.24) is 0 Å². The zero-order valence-electron chi connectivity index (χ0n) is 10.7. The van der Waals surface area contributed by atoms with E-state index in [4.69, 9.17) is 4.74 Å². The lowest BCUT2D eigenvalue weighted by Crippen LogP contribution is -2.51. The van der Waals surface area contributed by atoms with Gasteiger partial charge in [-0.1, -0.05) is 5.57 Å². The number of quaternary nitrogens is 1. The number of likely N-dealkylation sites (N-methyl/N-ethyl adjacent to an activating group) is 1. The van der Waals surface area contributed by atoms with Crippen LogP contribution in [0.15, 0.2) is 11.6 Å². The SMILES string of the molecule is CC[N+](CC)(CC=C(C)C)CC(=O)OC. The first kappa shape index (κ1) is 14.2. The van der Waals surface area contributed by atoms with Crippen molar-refractivity contribution in [3.63, 3.8) is 0 Å². The third-order valence-electron chi connectivity index (χ3n) is 2.92. The smallest absolute Gasteiger partial charge is 0.361 e. The number of nitrogens with zero attached hydrogens (tertiary/aromatic N) is 1. The summed E-state index contributed by atoms with van der Waals surface area (Å²) in [6.07, 6.45) is 2.19. The van der Waals surface area contributed by atoms with E-state index in [2.05, 4.69) is 33.8 Å². The molecule has 0 rings (SSSR count). The van der Waals surface area contributed by atoms with E-state index in [0.717, 1.165) is 24.1 Å². The fourth-order valence-electron chi connectivity index (χ4n) is 1.48. The third-order valence-corrected chi connectivity index (χ3v) is 2.92. The van der Waals surface area contributed by atoms with Crippen LogP contribution in [0.25, 0.3) is 0 Å². The van der Waals surface area contributed by atoms with Crippen LogP contribution in [0.4, 0.5) is 0 Å². The van der Waals surface area contributed by atoms with Crippen molar-refractivity contribution in [3.8, 4) is 0 Å². The number of ether oxygens (including phenoxy) is 1. The highest BCUT2D eigenvalue weighted by atomic mass is 16.5. The Balaban J connectivity index is 4.57. The van der Waals surface area contributed by atoms with E-state index in [1.165, 1.54) is 12.7 Å². The van der Waals surface area contributed by atoms with Crippen molar-refractivity contribution < 1.29 is 14.0 Å². The topological polar surface area (TPSA) is 26.3 Å². The molecule has 3 heteroatoms. The Morgan fingerprint density at radius 3 is 2.13 bits per heavy atom. The van der Waals surface area contributed by atoms with Gasteiger partial charge in [0.1, 0.15) is 0 Å². The minimum absolute atomic E-state index is 0.124. The summed E-state index contributed by atoms with van der Waals surface area (Å²) >= 11 is 0. The Kier molecular flexibility index (Phi) is 6.25. The van der Waals surface area contributed by atoms with Crippen LogP contribution in [0.2, 0.25) is 0 Å². The largest absolute Gasteiger partial charge is 0.465 e. The van der Waals surface area contributed by atoms with Crippen molar-refractivity contribution in [1.29, 1.82) is 0 Å². The summed E-state index contributed by atoms with van der Waals surface area (Å²) in [7, 11) is 1.45. The second kappa shape index (κ2) is 6.62. The van der Waals surface area contributed by atoms with Gasteiger partial charge in [-0.2, -0.15) is 0 Å². The second-order valence-electron chi connectivity index (χ2n) is 4.17. The number of carbonyl (C=O) groups excluding carboxylic acids is 1. The van der Waals surface area contributed by atoms with Crippen molar-refractivity contribution in [2.24, 2.45) is 0 Å². The van der Waals surface area contributed by atoms with E-state index < -0.39 is 0 Å². The van der Waals surface area contributed by atoms with E-state index >= 15 is 0 Å². The molecule has 0 aliphatic carbocycles. The number of hydrogen-bond donors (Lipinski definition) is 0. The zero-order chi connectivity index (χ0) is 11.9. The molecule has 0 amide bonds. The predicted molar refractivity (Wildman–Crippen MR) is 62.5 cm³/mol. The second-order valence-corrected chi connectivity index (χ2v) is 4.17. The van der Waals surface area contributed by atoms with Gasteiger partial charge in [0.2, 0.25) is 0 Å². The molecule has 0 aromatic heterocycles. The Bertz CT molecular complexity index is 226. The van der Waals surface area contributed by atoms with Crippen LogP contribution < -0.4 is 0 Å². The van der Waals surface area contributed by atoms with Gasteiger partial charge in [-0.05, 0) is 33.8 Å². The number of hydrogen-bond acceptors (Lipinski definition) is 2. The maximum absolute atomic E-state index is 11.3. The van der Waals surface area contributed by atoms with Crippen LogP contribution in [0, 0.1) is 0 Å². The summed E-state index contributed by atoms with van der Waals surface area (Å²) < 4.78 is 5.52. The monoisotopic (exact) mass is 214 g/mol. The number of allylic oxidation sites excluding steroid dienone is 1. The molecule has 0 bridgehead atoms. The van der Waals surface area contributed by atoms with Gasteiger partial charge in [0.15, 0.2) is 6.54 Å². The van der Waals surface area contributed by atoms with Gasteiger partial charge in [-0.25, -0.2) is 4.79 Å². The van der Waals surface area contributed by atoms with Gasteiger partial charge < -0.3 is 9.22 Å². The molecule has 0 aromatic carbocycles. The van der Waals surface area contributed by atoms with Gasteiger partial charge in [0.25, 0.3) is 0 Å². The van der Waals surface area contributed by atoms with Crippen LogP contribution in [-0.2, 0) is 9.53 Å². The summed E-state index contributed by atoms with van der Waals surface area (Å²) in [5.41, 5.74) is 1.30. The molecule has 88 valence electrons. The predicted octanol–water partition coefficient (Wildman–Crippen LogP) is 1.98. The molecule has 15 heavy (non-hydrogen) atoms. The lowest BCUT2D eigenvalue weighted by atomic mass is 10.2. The zero-order valence-corrected chi connectivity index (χ0v) is 10.7. The van der Waals surface area contributed by atoms with Gasteiger partial charge >= 0.3 is 5.97 Å². The Hall–Kier alpha value is -0.830. The van der Waals surface area contributed by atoms with Crippen LogP contribution in [0.3, 0.4) is 0 Å². The van der Waals surface area contributed by atoms with Gasteiger partial charge in [0.05, 0.1) is 26.7 Å². The molecule has 0 N–H and O–H groups in total. The number of carbonyl (C=O) groups is 1.